The molecule has 1 N–H and O–H groups in total. The topological polar surface area (TPSA) is 12.0 Å². The van der Waals surface area contributed by atoms with Crippen LogP contribution in [0.3, 0.4) is 0 Å². The van der Waals surface area contributed by atoms with Crippen LogP contribution in [0.5, 0.6) is 0 Å². The van der Waals surface area contributed by atoms with Crippen LogP contribution in [0.25, 0.3) is 0 Å². The van der Waals surface area contributed by atoms with E-state index in [1.807, 2.05) is 6.92 Å². The van der Waals surface area contributed by atoms with E-state index in [1.54, 1.807) is 0 Å². The fourth-order valence-corrected chi connectivity index (χ4v) is 1.05. The third kappa shape index (κ3) is 3.03. The molecule has 0 aliphatic heterocycles. The predicted molar refractivity (Wildman–Crippen MR) is 56.1 cm³/mol. The molecule has 4 heteroatoms. The molecule has 0 saturated carbocycles. The Kier molecular flexibility index (Phi) is 3.95. The van der Waals surface area contributed by atoms with Crippen molar-refractivity contribution in [3.8, 4) is 0 Å². The van der Waals surface area contributed by atoms with E-state index in [9.17, 15) is 8.78 Å². The Morgan fingerprint density at radius 1 is 1.36 bits per heavy atom. The molecule has 0 fully saturated rings. The van der Waals surface area contributed by atoms with Crippen molar-refractivity contribution in [3.05, 3.63) is 35.4 Å². The quantitative estimate of drug-likeness (QED) is 0.778. The number of thiocarbonyl (C=S) groups is 1. The summed E-state index contributed by atoms with van der Waals surface area (Å²) < 4.78 is 25.3. The Hall–Kier alpha value is -1.03. The lowest BCUT2D eigenvalue weighted by atomic mass is 10.2. The van der Waals surface area contributed by atoms with Crippen molar-refractivity contribution in [3.63, 3.8) is 0 Å². The lowest BCUT2D eigenvalue weighted by Crippen LogP contribution is -2.19. The third-order valence-electron chi connectivity index (χ3n) is 1.79. The second-order valence-corrected chi connectivity index (χ2v) is 3.37. The number of benzene rings is 1. The van der Waals surface area contributed by atoms with Gasteiger partial charge >= 0.3 is 0 Å². The summed E-state index contributed by atoms with van der Waals surface area (Å²) >= 11 is 4.93. The molecule has 0 amide bonds. The van der Waals surface area contributed by atoms with Crippen molar-refractivity contribution in [2.75, 3.05) is 0 Å². The molecule has 0 bridgehead atoms. The summed E-state index contributed by atoms with van der Waals surface area (Å²) in [6.07, 6.45) is 0.749. The number of halogens is 2. The Balaban J connectivity index is 2.60. The maximum absolute atomic E-state index is 12.7. The van der Waals surface area contributed by atoms with E-state index in [1.165, 1.54) is 12.1 Å². The molecule has 1 rings (SSSR count). The van der Waals surface area contributed by atoms with E-state index in [4.69, 9.17) is 12.2 Å². The standard InChI is InChI=1S/C10H11F2NS/c1-2-10(14)13-6-7-3-4-8(11)9(12)5-7/h3-5H,2,6H2,1H3,(H,13,14). The van der Waals surface area contributed by atoms with Gasteiger partial charge in [0.05, 0.1) is 4.99 Å². The molecule has 0 aliphatic rings. The van der Waals surface area contributed by atoms with Crippen LogP contribution in [0.15, 0.2) is 18.2 Å². The summed E-state index contributed by atoms with van der Waals surface area (Å²) in [7, 11) is 0. The van der Waals surface area contributed by atoms with Gasteiger partial charge in [0.25, 0.3) is 0 Å². The van der Waals surface area contributed by atoms with Gasteiger partial charge in [-0.2, -0.15) is 0 Å². The molecule has 1 nitrogen and oxygen atoms in total. The summed E-state index contributed by atoms with van der Waals surface area (Å²) in [6.45, 7) is 2.37. The van der Waals surface area contributed by atoms with Crippen LogP contribution in [0, 0.1) is 11.6 Å². The lowest BCUT2D eigenvalue weighted by molar-refractivity contribution is 0.507. The van der Waals surface area contributed by atoms with Gasteiger partial charge in [-0.3, -0.25) is 0 Å². The summed E-state index contributed by atoms with van der Waals surface area (Å²) in [4.78, 5) is 0.717. The zero-order valence-corrected chi connectivity index (χ0v) is 8.63. The highest BCUT2D eigenvalue weighted by Gasteiger charge is 2.02. The zero-order chi connectivity index (χ0) is 10.6. The third-order valence-corrected chi connectivity index (χ3v) is 2.23. The predicted octanol–water partition coefficient (Wildman–Crippen LogP) is 2.79. The molecule has 1 aromatic carbocycles. The van der Waals surface area contributed by atoms with Crippen molar-refractivity contribution >= 4 is 17.2 Å². The van der Waals surface area contributed by atoms with E-state index in [0.717, 1.165) is 17.5 Å². The first kappa shape index (κ1) is 11.0. The monoisotopic (exact) mass is 215 g/mol. The minimum absolute atomic E-state index is 0.434. The minimum atomic E-state index is -0.827. The van der Waals surface area contributed by atoms with Crippen molar-refractivity contribution in [1.29, 1.82) is 0 Å². The summed E-state index contributed by atoms with van der Waals surface area (Å²) in [5.74, 6) is -1.65. The van der Waals surface area contributed by atoms with Gasteiger partial charge in [0, 0.05) is 6.54 Å². The lowest BCUT2D eigenvalue weighted by Gasteiger charge is -2.05. The molecule has 0 aromatic heterocycles. The maximum Gasteiger partial charge on any atom is 0.159 e. The van der Waals surface area contributed by atoms with Gasteiger partial charge in [-0.15, -0.1) is 0 Å². The molecule has 0 radical (unpaired) electrons. The van der Waals surface area contributed by atoms with Crippen molar-refractivity contribution < 1.29 is 8.78 Å². The second-order valence-electron chi connectivity index (χ2n) is 2.88. The number of hydrogen-bond donors (Lipinski definition) is 1. The van der Waals surface area contributed by atoms with Crippen molar-refractivity contribution in [2.45, 2.75) is 19.9 Å². The molecule has 1 aromatic rings. The van der Waals surface area contributed by atoms with E-state index < -0.39 is 11.6 Å². The Bertz CT molecular complexity index is 339. The van der Waals surface area contributed by atoms with Crippen LogP contribution in [-0.2, 0) is 6.54 Å². The van der Waals surface area contributed by atoms with E-state index >= 15 is 0 Å². The Morgan fingerprint density at radius 3 is 2.64 bits per heavy atom. The normalized spacial score (nSPS) is 9.93. The fraction of sp³-hybridized carbons (Fsp3) is 0.300. The van der Waals surface area contributed by atoms with E-state index in [0.29, 0.717) is 12.1 Å². The molecule has 0 unspecified atom stereocenters. The minimum Gasteiger partial charge on any atom is -0.376 e. The van der Waals surface area contributed by atoms with Crippen molar-refractivity contribution in [2.24, 2.45) is 0 Å². The van der Waals surface area contributed by atoms with Gasteiger partial charge in [-0.1, -0.05) is 25.2 Å². The van der Waals surface area contributed by atoms with Crippen LogP contribution in [0.4, 0.5) is 8.78 Å². The Morgan fingerprint density at radius 2 is 2.07 bits per heavy atom. The first-order valence-corrected chi connectivity index (χ1v) is 4.75. The van der Waals surface area contributed by atoms with Crippen LogP contribution in [-0.4, -0.2) is 4.99 Å². The zero-order valence-electron chi connectivity index (χ0n) is 7.81. The molecule has 76 valence electrons. The Labute approximate surface area is 87.1 Å². The highest BCUT2D eigenvalue weighted by Crippen LogP contribution is 2.08. The maximum atomic E-state index is 12.7. The van der Waals surface area contributed by atoms with Gasteiger partial charge in [0.2, 0.25) is 0 Å². The highest BCUT2D eigenvalue weighted by molar-refractivity contribution is 7.80. The number of nitrogens with one attached hydrogen (secondary N) is 1. The van der Waals surface area contributed by atoms with Crippen LogP contribution in [0.2, 0.25) is 0 Å². The van der Waals surface area contributed by atoms with E-state index in [2.05, 4.69) is 5.32 Å². The molecular weight excluding hydrogens is 204 g/mol. The van der Waals surface area contributed by atoms with Crippen molar-refractivity contribution in [1.82, 2.24) is 5.32 Å². The molecule has 0 spiro atoms. The largest absolute Gasteiger partial charge is 0.376 e. The first-order valence-electron chi connectivity index (χ1n) is 4.34. The van der Waals surface area contributed by atoms with Gasteiger partial charge in [-0.05, 0) is 24.1 Å². The summed E-state index contributed by atoms with van der Waals surface area (Å²) in [5, 5.41) is 2.94. The number of hydrogen-bond acceptors (Lipinski definition) is 1. The SMILES string of the molecule is CCC(=S)NCc1ccc(F)c(F)c1. The van der Waals surface area contributed by atoms with Gasteiger partial charge < -0.3 is 5.32 Å². The average Bonchev–Trinajstić information content (AvgIpc) is 2.19. The van der Waals surface area contributed by atoms with E-state index in [-0.39, 0.29) is 0 Å². The van der Waals surface area contributed by atoms with Crippen LogP contribution >= 0.6 is 12.2 Å². The average molecular weight is 215 g/mol. The fourth-order valence-electron chi connectivity index (χ4n) is 0.975. The van der Waals surface area contributed by atoms with Crippen LogP contribution < -0.4 is 5.32 Å². The molecular formula is C10H11F2NS. The molecule has 0 saturated heterocycles. The summed E-state index contributed by atoms with van der Waals surface area (Å²) in [6, 6.07) is 3.81. The van der Waals surface area contributed by atoms with Gasteiger partial charge in [0.15, 0.2) is 11.6 Å². The summed E-state index contributed by atoms with van der Waals surface area (Å²) in [5.41, 5.74) is 0.680. The van der Waals surface area contributed by atoms with Gasteiger partial charge in [-0.25, -0.2) is 8.78 Å². The smallest absolute Gasteiger partial charge is 0.159 e. The van der Waals surface area contributed by atoms with Crippen LogP contribution in [0.1, 0.15) is 18.9 Å². The first-order chi connectivity index (χ1) is 6.63. The molecule has 0 aliphatic carbocycles. The highest BCUT2D eigenvalue weighted by atomic mass is 32.1. The molecule has 14 heavy (non-hydrogen) atoms. The molecule has 0 atom stereocenters. The van der Waals surface area contributed by atoms with Gasteiger partial charge in [0.1, 0.15) is 0 Å². The number of rotatable bonds is 3. The second kappa shape index (κ2) is 5.00. The molecule has 0 heterocycles.